The van der Waals surface area contributed by atoms with E-state index in [1.165, 1.54) is 5.56 Å². The molecule has 0 radical (unpaired) electrons. The number of hydrogen-bond donors (Lipinski definition) is 3. The van der Waals surface area contributed by atoms with Crippen molar-refractivity contribution in [2.75, 3.05) is 0 Å². The molecule has 3 N–H and O–H groups in total. The smallest absolute Gasteiger partial charge is 0.161 e. The SMILES string of the molecule is Cc1cn(-c2cccc3[nH]c(-c4n[nH]c5ccc(-c6cncc(CNCc7ccccc7)c6)nc45)nc23)cn1. The first-order valence-electron chi connectivity index (χ1n) is 12.8. The highest BCUT2D eigenvalue weighted by Gasteiger charge is 2.17. The van der Waals surface area contributed by atoms with E-state index < -0.39 is 0 Å². The highest BCUT2D eigenvalue weighted by molar-refractivity contribution is 5.93. The summed E-state index contributed by atoms with van der Waals surface area (Å²) in [7, 11) is 0. The number of rotatable bonds is 7. The molecular weight excluding hydrogens is 486 g/mol. The topological polar surface area (TPSA) is 113 Å². The summed E-state index contributed by atoms with van der Waals surface area (Å²) in [4.78, 5) is 22.2. The van der Waals surface area contributed by atoms with Gasteiger partial charge in [-0.05, 0) is 48.4 Å². The van der Waals surface area contributed by atoms with E-state index in [0.29, 0.717) is 18.1 Å². The molecule has 0 atom stereocenters. The number of H-pyrrole nitrogens is 2. The lowest BCUT2D eigenvalue weighted by Gasteiger charge is -2.07. The number of para-hydroxylation sites is 1. The molecule has 0 spiro atoms. The summed E-state index contributed by atoms with van der Waals surface area (Å²) < 4.78 is 1.98. The minimum absolute atomic E-state index is 0.655. The summed E-state index contributed by atoms with van der Waals surface area (Å²) >= 11 is 0. The van der Waals surface area contributed by atoms with Gasteiger partial charge in [0, 0.05) is 37.2 Å². The van der Waals surface area contributed by atoms with E-state index in [1.807, 2.05) is 66.5 Å². The van der Waals surface area contributed by atoms with E-state index >= 15 is 0 Å². The molecule has 0 fully saturated rings. The van der Waals surface area contributed by atoms with Crippen LogP contribution in [0.15, 0.2) is 91.6 Å². The summed E-state index contributed by atoms with van der Waals surface area (Å²) in [5, 5.41) is 11.2. The first-order valence-corrected chi connectivity index (χ1v) is 12.8. The Balaban J connectivity index is 1.20. The molecular formula is C30H25N9. The maximum Gasteiger partial charge on any atom is 0.161 e. The molecule has 7 aromatic rings. The van der Waals surface area contributed by atoms with E-state index in [4.69, 9.17) is 9.97 Å². The van der Waals surface area contributed by atoms with Gasteiger partial charge in [-0.2, -0.15) is 5.10 Å². The number of pyridine rings is 2. The van der Waals surface area contributed by atoms with Crippen LogP contribution in [0, 0.1) is 6.92 Å². The fourth-order valence-electron chi connectivity index (χ4n) is 4.79. The molecule has 0 aliphatic heterocycles. The minimum atomic E-state index is 0.655. The molecule has 0 aliphatic rings. The molecule has 0 aliphatic carbocycles. The van der Waals surface area contributed by atoms with Crippen molar-refractivity contribution in [1.82, 2.24) is 45.0 Å². The zero-order chi connectivity index (χ0) is 26.2. The van der Waals surface area contributed by atoms with Crippen LogP contribution in [0.2, 0.25) is 0 Å². The monoisotopic (exact) mass is 511 g/mol. The first kappa shape index (κ1) is 23.0. The molecule has 9 nitrogen and oxygen atoms in total. The van der Waals surface area contributed by atoms with E-state index in [-0.39, 0.29) is 0 Å². The van der Waals surface area contributed by atoms with Crippen molar-refractivity contribution in [3.05, 3.63) is 108 Å². The maximum absolute atomic E-state index is 4.98. The quantitative estimate of drug-likeness (QED) is 0.266. The minimum Gasteiger partial charge on any atom is -0.336 e. The average Bonchev–Trinajstić information content (AvgIpc) is 3.71. The van der Waals surface area contributed by atoms with Crippen LogP contribution in [0.3, 0.4) is 0 Å². The number of aryl methyl sites for hydroxylation is 1. The molecule has 0 saturated carbocycles. The number of nitrogens with zero attached hydrogens (tertiary/aromatic N) is 6. The summed E-state index contributed by atoms with van der Waals surface area (Å²) in [6.07, 6.45) is 7.52. The molecule has 0 amide bonds. The van der Waals surface area contributed by atoms with Crippen LogP contribution in [0.4, 0.5) is 0 Å². The molecule has 5 aromatic heterocycles. The number of hydrogen-bond acceptors (Lipinski definition) is 6. The van der Waals surface area contributed by atoms with Crippen molar-refractivity contribution in [1.29, 1.82) is 0 Å². The van der Waals surface area contributed by atoms with Crippen LogP contribution in [0.25, 0.3) is 50.5 Å². The first-order chi connectivity index (χ1) is 19.2. The zero-order valence-corrected chi connectivity index (χ0v) is 21.3. The van der Waals surface area contributed by atoms with Crippen molar-refractivity contribution in [3.8, 4) is 28.5 Å². The van der Waals surface area contributed by atoms with Crippen molar-refractivity contribution in [2.45, 2.75) is 20.0 Å². The van der Waals surface area contributed by atoms with Gasteiger partial charge in [-0.15, -0.1) is 0 Å². The van der Waals surface area contributed by atoms with Crippen molar-refractivity contribution in [3.63, 3.8) is 0 Å². The Morgan fingerprint density at radius 2 is 1.74 bits per heavy atom. The Hall–Kier alpha value is -5.15. The lowest BCUT2D eigenvalue weighted by molar-refractivity contribution is 0.691. The molecule has 190 valence electrons. The fraction of sp³-hybridized carbons (Fsp3) is 0.100. The average molecular weight is 512 g/mol. The van der Waals surface area contributed by atoms with Gasteiger partial charge in [0.15, 0.2) is 11.5 Å². The molecule has 9 heteroatoms. The van der Waals surface area contributed by atoms with Crippen molar-refractivity contribution < 1.29 is 0 Å². The van der Waals surface area contributed by atoms with Crippen LogP contribution in [-0.2, 0) is 13.1 Å². The van der Waals surface area contributed by atoms with Crippen molar-refractivity contribution >= 4 is 22.1 Å². The number of imidazole rings is 2. The van der Waals surface area contributed by atoms with Gasteiger partial charge in [-0.25, -0.2) is 15.0 Å². The van der Waals surface area contributed by atoms with Crippen LogP contribution < -0.4 is 5.32 Å². The molecule has 2 aromatic carbocycles. The highest BCUT2D eigenvalue weighted by Crippen LogP contribution is 2.29. The van der Waals surface area contributed by atoms with Crippen LogP contribution >= 0.6 is 0 Å². The van der Waals surface area contributed by atoms with E-state index in [2.05, 4.69) is 60.8 Å². The van der Waals surface area contributed by atoms with Gasteiger partial charge in [-0.3, -0.25) is 10.1 Å². The second-order valence-electron chi connectivity index (χ2n) is 9.52. The summed E-state index contributed by atoms with van der Waals surface area (Å²) in [5.41, 5.74) is 10.0. The fourth-order valence-corrected chi connectivity index (χ4v) is 4.79. The third-order valence-corrected chi connectivity index (χ3v) is 6.70. The van der Waals surface area contributed by atoms with Gasteiger partial charge in [-0.1, -0.05) is 36.4 Å². The van der Waals surface area contributed by atoms with Gasteiger partial charge in [0.05, 0.1) is 34.4 Å². The summed E-state index contributed by atoms with van der Waals surface area (Å²) in [6, 6.07) is 22.5. The molecule has 39 heavy (non-hydrogen) atoms. The molecule has 7 rings (SSSR count). The van der Waals surface area contributed by atoms with Gasteiger partial charge in [0.2, 0.25) is 0 Å². The maximum atomic E-state index is 4.98. The van der Waals surface area contributed by atoms with Crippen LogP contribution in [-0.4, -0.2) is 39.7 Å². The van der Waals surface area contributed by atoms with E-state index in [9.17, 15) is 0 Å². The zero-order valence-electron chi connectivity index (χ0n) is 21.3. The third-order valence-electron chi connectivity index (χ3n) is 6.70. The third kappa shape index (κ3) is 4.45. The van der Waals surface area contributed by atoms with Gasteiger partial charge < -0.3 is 14.9 Å². The number of fused-ring (bicyclic) bond motifs is 2. The molecule has 0 saturated heterocycles. The van der Waals surface area contributed by atoms with Crippen LogP contribution in [0.1, 0.15) is 16.8 Å². The predicted octanol–water partition coefficient (Wildman–Crippen LogP) is 5.35. The van der Waals surface area contributed by atoms with Crippen LogP contribution in [0.5, 0.6) is 0 Å². The lowest BCUT2D eigenvalue weighted by atomic mass is 10.1. The van der Waals surface area contributed by atoms with Crippen molar-refractivity contribution in [2.24, 2.45) is 0 Å². The van der Waals surface area contributed by atoms with E-state index in [0.717, 1.165) is 56.8 Å². The van der Waals surface area contributed by atoms with Gasteiger partial charge in [0.25, 0.3) is 0 Å². The van der Waals surface area contributed by atoms with E-state index in [1.54, 1.807) is 6.33 Å². The molecule has 5 heterocycles. The van der Waals surface area contributed by atoms with Gasteiger partial charge in [0.1, 0.15) is 11.0 Å². The Bertz CT molecular complexity index is 1910. The number of benzene rings is 2. The summed E-state index contributed by atoms with van der Waals surface area (Å²) in [6.45, 7) is 3.48. The number of aromatic nitrogens is 8. The number of nitrogens with one attached hydrogen (secondary N) is 3. The largest absolute Gasteiger partial charge is 0.336 e. The Labute approximate surface area is 224 Å². The Morgan fingerprint density at radius 3 is 2.62 bits per heavy atom. The Kier molecular flexibility index (Phi) is 5.68. The summed E-state index contributed by atoms with van der Waals surface area (Å²) in [5.74, 6) is 0.655. The second-order valence-corrected chi connectivity index (χ2v) is 9.52. The Morgan fingerprint density at radius 1 is 0.846 bits per heavy atom. The second kappa shape index (κ2) is 9.62. The normalized spacial score (nSPS) is 11.5. The predicted molar refractivity (Wildman–Crippen MR) is 151 cm³/mol. The molecule has 0 bridgehead atoms. The standard InChI is InChI=1S/C30H25N9/c1-19-17-39(18-33-19)26-9-5-8-24-27(26)36-30(35-24)29-28-25(37-38-29)11-10-23(34-28)22-12-21(15-32-16-22)14-31-13-20-6-3-2-4-7-20/h2-12,15-18,31H,13-14H2,1H3,(H,35,36)(H,37,38). The highest BCUT2D eigenvalue weighted by atomic mass is 15.2. The van der Waals surface area contributed by atoms with Gasteiger partial charge >= 0.3 is 0 Å². The lowest BCUT2D eigenvalue weighted by Crippen LogP contribution is -2.12. The molecule has 0 unspecified atom stereocenters. The number of aromatic amines is 2.